The summed E-state index contributed by atoms with van der Waals surface area (Å²) in [5.41, 5.74) is 1.33. The molecule has 0 radical (unpaired) electrons. The number of sulfone groups is 1. The molecule has 0 unspecified atom stereocenters. The first-order valence-electron chi connectivity index (χ1n) is 9.31. The minimum absolute atomic E-state index is 0.0996. The molecule has 1 fully saturated rings. The fraction of sp³-hybridized carbons (Fsp3) is 0.350. The number of nitrogens with one attached hydrogen (secondary N) is 1. The zero-order chi connectivity index (χ0) is 21.2. The average molecular weight is 437 g/mol. The van der Waals surface area contributed by atoms with Gasteiger partial charge in [-0.25, -0.2) is 16.8 Å². The van der Waals surface area contributed by atoms with Gasteiger partial charge in [0.05, 0.1) is 9.79 Å². The molecule has 1 saturated heterocycles. The molecule has 2 aromatic carbocycles. The van der Waals surface area contributed by atoms with Crippen LogP contribution < -0.4 is 5.32 Å². The molecule has 1 N–H and O–H groups in total. The van der Waals surface area contributed by atoms with Crippen molar-refractivity contribution in [1.29, 1.82) is 0 Å². The van der Waals surface area contributed by atoms with Crippen molar-refractivity contribution in [3.63, 3.8) is 0 Å². The number of benzene rings is 2. The number of piperidine rings is 1. The van der Waals surface area contributed by atoms with Crippen molar-refractivity contribution in [2.75, 3.05) is 24.7 Å². The lowest BCUT2D eigenvalue weighted by molar-refractivity contribution is 0.102. The number of carbonyl (C=O) groups excluding carboxylic acids is 1. The number of amides is 1. The van der Waals surface area contributed by atoms with E-state index < -0.39 is 25.8 Å². The lowest BCUT2D eigenvalue weighted by atomic mass is 10.1. The Hall–Kier alpha value is -2.23. The van der Waals surface area contributed by atoms with Gasteiger partial charge in [-0.2, -0.15) is 4.31 Å². The largest absolute Gasteiger partial charge is 0.322 e. The Morgan fingerprint density at radius 1 is 0.897 bits per heavy atom. The zero-order valence-corrected chi connectivity index (χ0v) is 18.0. The van der Waals surface area contributed by atoms with Gasteiger partial charge >= 0.3 is 0 Å². The average Bonchev–Trinajstić information content (AvgIpc) is 2.68. The number of anilines is 1. The van der Waals surface area contributed by atoms with Crippen LogP contribution in [0.4, 0.5) is 5.69 Å². The SMILES string of the molecule is Cc1ccc(S(=O)(=O)N2CCCCC2)cc1C(=O)Nc1ccc(S(C)(=O)=O)cc1. The fourth-order valence-corrected chi connectivity index (χ4v) is 5.42. The number of nitrogens with zero attached hydrogens (tertiary/aromatic N) is 1. The molecule has 156 valence electrons. The van der Waals surface area contributed by atoms with Crippen LogP contribution in [-0.2, 0) is 19.9 Å². The molecule has 0 bridgehead atoms. The van der Waals surface area contributed by atoms with Gasteiger partial charge in [-0.05, 0) is 61.7 Å². The molecule has 0 aliphatic carbocycles. The molecule has 0 aromatic heterocycles. The summed E-state index contributed by atoms with van der Waals surface area (Å²) < 4.78 is 50.4. The Kier molecular flexibility index (Phi) is 6.11. The summed E-state index contributed by atoms with van der Waals surface area (Å²) in [4.78, 5) is 13.0. The van der Waals surface area contributed by atoms with Crippen LogP contribution in [0.1, 0.15) is 35.2 Å². The molecule has 0 spiro atoms. The van der Waals surface area contributed by atoms with Gasteiger partial charge in [-0.3, -0.25) is 4.79 Å². The number of aryl methyl sites for hydroxylation is 1. The molecule has 1 aliphatic rings. The first kappa shape index (κ1) is 21.5. The topological polar surface area (TPSA) is 101 Å². The van der Waals surface area contributed by atoms with Gasteiger partial charge in [0.2, 0.25) is 10.0 Å². The number of rotatable bonds is 5. The predicted molar refractivity (Wildman–Crippen MR) is 111 cm³/mol. The quantitative estimate of drug-likeness (QED) is 0.777. The highest BCUT2D eigenvalue weighted by Crippen LogP contribution is 2.23. The molecule has 7 nitrogen and oxygen atoms in total. The lowest BCUT2D eigenvalue weighted by Gasteiger charge is -2.26. The molecule has 3 rings (SSSR count). The van der Waals surface area contributed by atoms with Crippen LogP contribution in [0.25, 0.3) is 0 Å². The van der Waals surface area contributed by atoms with Crippen LogP contribution in [-0.4, -0.2) is 46.4 Å². The number of carbonyl (C=O) groups is 1. The monoisotopic (exact) mass is 436 g/mol. The highest BCUT2D eigenvalue weighted by molar-refractivity contribution is 7.90. The Morgan fingerprint density at radius 3 is 2.07 bits per heavy atom. The van der Waals surface area contributed by atoms with Crippen molar-refractivity contribution >= 4 is 31.5 Å². The Balaban J connectivity index is 1.85. The van der Waals surface area contributed by atoms with Gasteiger partial charge in [0.25, 0.3) is 5.91 Å². The maximum absolute atomic E-state index is 12.9. The molecular weight excluding hydrogens is 412 g/mol. The standard InChI is InChI=1S/C20H24N2O5S2/c1-15-6-9-18(29(26,27)22-12-4-3-5-13-22)14-19(15)20(23)21-16-7-10-17(11-8-16)28(2,24)25/h6-11,14H,3-5,12-13H2,1-2H3,(H,21,23). The minimum atomic E-state index is -3.64. The van der Waals surface area contributed by atoms with E-state index in [0.29, 0.717) is 24.3 Å². The van der Waals surface area contributed by atoms with Crippen LogP contribution in [0.5, 0.6) is 0 Å². The summed E-state index contributed by atoms with van der Waals surface area (Å²) in [5, 5.41) is 2.69. The minimum Gasteiger partial charge on any atom is -0.322 e. The molecule has 1 aliphatic heterocycles. The van der Waals surface area contributed by atoms with Gasteiger partial charge in [0.1, 0.15) is 0 Å². The van der Waals surface area contributed by atoms with Crippen molar-refractivity contribution in [2.45, 2.75) is 36.0 Å². The molecule has 29 heavy (non-hydrogen) atoms. The second kappa shape index (κ2) is 8.25. The summed E-state index contributed by atoms with van der Waals surface area (Å²) >= 11 is 0. The molecule has 0 saturated carbocycles. The van der Waals surface area contributed by atoms with Gasteiger partial charge in [-0.15, -0.1) is 0 Å². The summed E-state index contributed by atoms with van der Waals surface area (Å²) in [5.74, 6) is -0.453. The third-order valence-corrected chi connectivity index (χ3v) is 7.97. The van der Waals surface area contributed by atoms with E-state index in [9.17, 15) is 21.6 Å². The molecular formula is C20H24N2O5S2. The number of hydrogen-bond donors (Lipinski definition) is 1. The van der Waals surface area contributed by atoms with Gasteiger partial charge < -0.3 is 5.32 Å². The van der Waals surface area contributed by atoms with Crippen molar-refractivity contribution < 1.29 is 21.6 Å². The number of hydrogen-bond acceptors (Lipinski definition) is 5. The van der Waals surface area contributed by atoms with E-state index in [1.54, 1.807) is 13.0 Å². The molecule has 0 atom stereocenters. The normalized spacial score (nSPS) is 15.8. The molecule has 1 heterocycles. The zero-order valence-electron chi connectivity index (χ0n) is 16.4. The Morgan fingerprint density at radius 2 is 1.48 bits per heavy atom. The second-order valence-corrected chi connectivity index (χ2v) is 11.1. The Labute approximate surface area is 171 Å². The van der Waals surface area contributed by atoms with Crippen molar-refractivity contribution in [1.82, 2.24) is 4.31 Å². The first-order valence-corrected chi connectivity index (χ1v) is 12.6. The van der Waals surface area contributed by atoms with Crippen molar-refractivity contribution in [2.24, 2.45) is 0 Å². The summed E-state index contributed by atoms with van der Waals surface area (Å²) in [6.07, 6.45) is 3.80. The summed E-state index contributed by atoms with van der Waals surface area (Å²) in [7, 11) is -6.97. The van der Waals surface area contributed by atoms with E-state index in [1.165, 1.54) is 40.7 Å². The second-order valence-electron chi connectivity index (χ2n) is 7.19. The third kappa shape index (κ3) is 4.85. The van der Waals surface area contributed by atoms with Crippen LogP contribution in [0.15, 0.2) is 52.3 Å². The van der Waals surface area contributed by atoms with Crippen molar-refractivity contribution in [3.05, 3.63) is 53.6 Å². The van der Waals surface area contributed by atoms with Gasteiger partial charge in [-0.1, -0.05) is 12.5 Å². The van der Waals surface area contributed by atoms with Gasteiger partial charge in [0, 0.05) is 30.6 Å². The smallest absolute Gasteiger partial charge is 0.255 e. The Bertz CT molecular complexity index is 1120. The van der Waals surface area contributed by atoms with E-state index >= 15 is 0 Å². The van der Waals surface area contributed by atoms with Crippen LogP contribution in [0.3, 0.4) is 0 Å². The van der Waals surface area contributed by atoms with E-state index in [0.717, 1.165) is 25.5 Å². The van der Waals surface area contributed by atoms with Crippen LogP contribution in [0, 0.1) is 6.92 Å². The fourth-order valence-electron chi connectivity index (χ4n) is 3.24. The maximum atomic E-state index is 12.9. The van der Waals surface area contributed by atoms with Crippen molar-refractivity contribution in [3.8, 4) is 0 Å². The third-order valence-electron chi connectivity index (χ3n) is 4.95. The highest BCUT2D eigenvalue weighted by Gasteiger charge is 2.27. The van der Waals surface area contributed by atoms with E-state index in [1.807, 2.05) is 0 Å². The molecule has 1 amide bonds. The highest BCUT2D eigenvalue weighted by atomic mass is 32.2. The maximum Gasteiger partial charge on any atom is 0.255 e. The summed E-state index contributed by atoms with van der Waals surface area (Å²) in [6, 6.07) is 10.4. The predicted octanol–water partition coefficient (Wildman–Crippen LogP) is 2.83. The molecule has 2 aromatic rings. The number of sulfonamides is 1. The van der Waals surface area contributed by atoms with Crippen LogP contribution in [0.2, 0.25) is 0 Å². The van der Waals surface area contributed by atoms with Crippen LogP contribution >= 0.6 is 0 Å². The first-order chi connectivity index (χ1) is 13.6. The van der Waals surface area contributed by atoms with E-state index in [-0.39, 0.29) is 15.4 Å². The van der Waals surface area contributed by atoms with Gasteiger partial charge in [0.15, 0.2) is 9.84 Å². The molecule has 9 heteroatoms. The lowest BCUT2D eigenvalue weighted by Crippen LogP contribution is -2.35. The summed E-state index contributed by atoms with van der Waals surface area (Å²) in [6.45, 7) is 2.72. The van der Waals surface area contributed by atoms with E-state index in [4.69, 9.17) is 0 Å². The van der Waals surface area contributed by atoms with E-state index in [2.05, 4.69) is 5.32 Å².